The van der Waals surface area contributed by atoms with Crippen LogP contribution >= 0.6 is 0 Å². The molecule has 0 bridgehead atoms. The van der Waals surface area contributed by atoms with E-state index in [4.69, 9.17) is 15.6 Å². The molecule has 3 N–H and O–H groups in total. The number of anilines is 1. The van der Waals surface area contributed by atoms with E-state index in [1.54, 1.807) is 0 Å². The Morgan fingerprint density at radius 3 is 2.83 bits per heavy atom. The third-order valence-electron chi connectivity index (χ3n) is 3.08. The smallest absolute Gasteiger partial charge is 0.351 e. The lowest BCUT2D eigenvalue weighted by atomic mass is 10.00. The van der Waals surface area contributed by atoms with Crippen molar-refractivity contribution in [3.63, 3.8) is 0 Å². The summed E-state index contributed by atoms with van der Waals surface area (Å²) in [6.45, 7) is 0.723. The van der Waals surface area contributed by atoms with Gasteiger partial charge in [0.05, 0.1) is 18.6 Å². The monoisotopic (exact) mass is 261 g/mol. The Labute approximate surface area is 101 Å². The Kier molecular flexibility index (Phi) is 3.07. The Balaban J connectivity index is 2.42. The minimum atomic E-state index is -3.27. The quantitative estimate of drug-likeness (QED) is 0.781. The summed E-state index contributed by atoms with van der Waals surface area (Å²) in [4.78, 5) is 14.9. The summed E-state index contributed by atoms with van der Waals surface area (Å²) in [7, 11) is 0. The van der Waals surface area contributed by atoms with Crippen molar-refractivity contribution in [3.8, 4) is 0 Å². The van der Waals surface area contributed by atoms with Crippen molar-refractivity contribution in [2.45, 2.75) is 25.2 Å². The van der Waals surface area contributed by atoms with Crippen LogP contribution in [0.25, 0.3) is 0 Å². The van der Waals surface area contributed by atoms with Gasteiger partial charge in [0.15, 0.2) is 0 Å². The van der Waals surface area contributed by atoms with Crippen molar-refractivity contribution in [1.29, 1.82) is 0 Å². The first kappa shape index (κ1) is 12.9. The molecule has 0 spiro atoms. The summed E-state index contributed by atoms with van der Waals surface area (Å²) < 4.78 is 33.6. The van der Waals surface area contributed by atoms with Crippen molar-refractivity contribution >= 4 is 5.82 Å². The van der Waals surface area contributed by atoms with Gasteiger partial charge >= 0.3 is 5.69 Å². The lowest BCUT2D eigenvalue weighted by Crippen LogP contribution is -2.37. The third kappa shape index (κ3) is 1.87. The first-order chi connectivity index (χ1) is 8.37. The molecule has 1 aliphatic heterocycles. The van der Waals surface area contributed by atoms with Crippen molar-refractivity contribution in [2.24, 2.45) is 5.92 Å². The van der Waals surface area contributed by atoms with Gasteiger partial charge in [0.25, 0.3) is 5.92 Å². The standard InChI is InChI=1S/C10H13F2N3O3/c1-5-6(4-16)18-8(10(5,11)12)15-3-2-7(13)14-9(15)17/h2-3,5-6,8,16H,4H2,1H3,(H2,13,14,17)/t5-,6-,8-/m1/s1. The van der Waals surface area contributed by atoms with Gasteiger partial charge in [-0.3, -0.25) is 4.57 Å². The molecule has 0 radical (unpaired) electrons. The number of hydrogen-bond acceptors (Lipinski definition) is 5. The van der Waals surface area contributed by atoms with Crippen molar-refractivity contribution in [1.82, 2.24) is 9.55 Å². The van der Waals surface area contributed by atoms with E-state index in [0.29, 0.717) is 4.57 Å². The molecule has 2 rings (SSSR count). The van der Waals surface area contributed by atoms with Crippen LogP contribution in [0.3, 0.4) is 0 Å². The number of aromatic nitrogens is 2. The Morgan fingerprint density at radius 1 is 1.67 bits per heavy atom. The topological polar surface area (TPSA) is 90.4 Å². The Bertz CT molecular complexity index is 505. The number of nitrogen functional groups attached to an aromatic ring is 1. The molecule has 1 aromatic rings. The zero-order valence-corrected chi connectivity index (χ0v) is 9.59. The maximum absolute atomic E-state index is 14.0. The summed E-state index contributed by atoms with van der Waals surface area (Å²) in [5.74, 6) is -4.52. The van der Waals surface area contributed by atoms with E-state index in [0.717, 1.165) is 6.20 Å². The summed E-state index contributed by atoms with van der Waals surface area (Å²) in [5, 5.41) is 8.97. The number of alkyl halides is 2. The normalized spacial score (nSPS) is 30.6. The molecule has 0 saturated carbocycles. The minimum absolute atomic E-state index is 0.0516. The van der Waals surface area contributed by atoms with Crippen molar-refractivity contribution < 1.29 is 18.6 Å². The predicted octanol–water partition coefficient (Wildman–Crippen LogP) is -0.0134. The highest BCUT2D eigenvalue weighted by Gasteiger charge is 2.57. The number of aliphatic hydroxyl groups is 1. The molecule has 100 valence electrons. The largest absolute Gasteiger partial charge is 0.394 e. The molecule has 1 aliphatic rings. The van der Waals surface area contributed by atoms with Gasteiger partial charge in [-0.2, -0.15) is 4.98 Å². The molecule has 0 aromatic carbocycles. The number of nitrogens with two attached hydrogens (primary N) is 1. The molecular formula is C10H13F2N3O3. The van der Waals surface area contributed by atoms with E-state index >= 15 is 0 Å². The van der Waals surface area contributed by atoms with Crippen LogP contribution in [0.1, 0.15) is 13.2 Å². The van der Waals surface area contributed by atoms with E-state index in [9.17, 15) is 13.6 Å². The maximum Gasteiger partial charge on any atom is 0.351 e. The average molecular weight is 261 g/mol. The number of rotatable bonds is 2. The van der Waals surface area contributed by atoms with Crippen LogP contribution < -0.4 is 11.4 Å². The minimum Gasteiger partial charge on any atom is -0.394 e. The SMILES string of the molecule is C[C@@H]1[C@@H](CO)O[C@@H](n2ccc(N)nc2=O)C1(F)F. The fraction of sp³-hybridized carbons (Fsp3) is 0.600. The van der Waals surface area contributed by atoms with Gasteiger partial charge in [-0.25, -0.2) is 13.6 Å². The Morgan fingerprint density at radius 2 is 2.33 bits per heavy atom. The molecule has 3 atom stereocenters. The number of ether oxygens (including phenoxy) is 1. The predicted molar refractivity (Wildman–Crippen MR) is 58.0 cm³/mol. The lowest BCUT2D eigenvalue weighted by Gasteiger charge is -2.21. The summed E-state index contributed by atoms with van der Waals surface area (Å²) in [5.41, 5.74) is 4.37. The van der Waals surface area contributed by atoms with Gasteiger partial charge in [0.2, 0.25) is 6.23 Å². The van der Waals surface area contributed by atoms with Crippen molar-refractivity contribution in [3.05, 3.63) is 22.7 Å². The highest BCUT2D eigenvalue weighted by atomic mass is 19.3. The first-order valence-electron chi connectivity index (χ1n) is 5.36. The van der Waals surface area contributed by atoms with Crippen LogP contribution in [0.2, 0.25) is 0 Å². The average Bonchev–Trinajstić information content (AvgIpc) is 2.52. The number of halogens is 2. The van der Waals surface area contributed by atoms with Gasteiger partial charge in [-0.05, 0) is 6.07 Å². The highest BCUT2D eigenvalue weighted by molar-refractivity contribution is 5.23. The molecule has 1 fully saturated rings. The van der Waals surface area contributed by atoms with Gasteiger partial charge in [0, 0.05) is 6.20 Å². The fourth-order valence-corrected chi connectivity index (χ4v) is 1.90. The molecule has 0 aliphatic carbocycles. The molecule has 0 unspecified atom stereocenters. The Hall–Kier alpha value is -1.54. The van der Waals surface area contributed by atoms with E-state index < -0.39 is 36.5 Å². The zero-order chi connectivity index (χ0) is 13.5. The lowest BCUT2D eigenvalue weighted by molar-refractivity contribution is -0.126. The van der Waals surface area contributed by atoms with Gasteiger partial charge in [-0.15, -0.1) is 0 Å². The third-order valence-corrected chi connectivity index (χ3v) is 3.08. The van der Waals surface area contributed by atoms with Crippen LogP contribution in [0.4, 0.5) is 14.6 Å². The van der Waals surface area contributed by atoms with Crippen LogP contribution in [-0.4, -0.2) is 33.3 Å². The van der Waals surface area contributed by atoms with Gasteiger partial charge in [-0.1, -0.05) is 6.92 Å². The molecule has 18 heavy (non-hydrogen) atoms. The molecule has 1 aromatic heterocycles. The summed E-state index contributed by atoms with van der Waals surface area (Å²) >= 11 is 0. The van der Waals surface area contributed by atoms with Crippen molar-refractivity contribution in [2.75, 3.05) is 12.3 Å². The molecule has 8 heteroatoms. The number of nitrogens with zero attached hydrogens (tertiary/aromatic N) is 2. The van der Waals surface area contributed by atoms with Crippen LogP contribution in [-0.2, 0) is 4.74 Å². The van der Waals surface area contributed by atoms with E-state index in [1.807, 2.05) is 0 Å². The van der Waals surface area contributed by atoms with Crippen LogP contribution in [0, 0.1) is 5.92 Å². The maximum atomic E-state index is 14.0. The van der Waals surface area contributed by atoms with Crippen LogP contribution in [0.15, 0.2) is 17.1 Å². The summed E-state index contributed by atoms with van der Waals surface area (Å²) in [6.07, 6.45) is -1.69. The molecular weight excluding hydrogens is 248 g/mol. The fourth-order valence-electron chi connectivity index (χ4n) is 1.90. The van der Waals surface area contributed by atoms with Crippen LogP contribution in [0.5, 0.6) is 0 Å². The van der Waals surface area contributed by atoms with E-state index in [2.05, 4.69) is 4.98 Å². The second kappa shape index (κ2) is 4.29. The van der Waals surface area contributed by atoms with E-state index in [1.165, 1.54) is 13.0 Å². The number of hydrogen-bond donors (Lipinski definition) is 2. The summed E-state index contributed by atoms with van der Waals surface area (Å²) in [6, 6.07) is 1.23. The molecule has 0 amide bonds. The number of aliphatic hydroxyl groups excluding tert-OH is 1. The zero-order valence-electron chi connectivity index (χ0n) is 9.59. The molecule has 2 heterocycles. The van der Waals surface area contributed by atoms with E-state index in [-0.39, 0.29) is 5.82 Å². The highest BCUT2D eigenvalue weighted by Crippen LogP contribution is 2.45. The first-order valence-corrected chi connectivity index (χ1v) is 5.36. The second-order valence-corrected chi connectivity index (χ2v) is 4.21. The second-order valence-electron chi connectivity index (χ2n) is 4.21. The molecule has 6 nitrogen and oxygen atoms in total. The van der Waals surface area contributed by atoms with Gasteiger partial charge in [0.1, 0.15) is 5.82 Å². The molecule has 1 saturated heterocycles. The van der Waals surface area contributed by atoms with Gasteiger partial charge < -0.3 is 15.6 Å².